The maximum atomic E-state index is 5.51. The van der Waals surface area contributed by atoms with Crippen molar-refractivity contribution in [3.05, 3.63) is 11.8 Å². The summed E-state index contributed by atoms with van der Waals surface area (Å²) in [5.41, 5.74) is 6.31. The van der Waals surface area contributed by atoms with E-state index < -0.39 is 0 Å². The number of hydrogen-bond donors (Lipinski definition) is 1. The first-order valence-electron chi connectivity index (χ1n) is 4.38. The molecule has 14 heavy (non-hydrogen) atoms. The summed E-state index contributed by atoms with van der Waals surface area (Å²) >= 11 is 0. The molecule has 0 aromatic carbocycles. The minimum Gasteiger partial charge on any atom is -0.472 e. The van der Waals surface area contributed by atoms with Gasteiger partial charge < -0.3 is 15.2 Å². The predicted octanol–water partition coefficient (Wildman–Crippen LogP) is 0.781. The number of aryl methyl sites for hydroxylation is 1. The fraction of sp³-hybridized carbons (Fsp3) is 0.556. The van der Waals surface area contributed by atoms with Crippen LogP contribution in [0.25, 0.3) is 0 Å². The van der Waals surface area contributed by atoms with Gasteiger partial charge in [-0.25, -0.2) is 4.98 Å². The fourth-order valence-electron chi connectivity index (χ4n) is 1.02. The van der Waals surface area contributed by atoms with Crippen LogP contribution in [0.3, 0.4) is 0 Å². The largest absolute Gasteiger partial charge is 0.472 e. The van der Waals surface area contributed by atoms with E-state index in [2.05, 4.69) is 9.97 Å². The van der Waals surface area contributed by atoms with E-state index in [1.165, 1.54) is 0 Å². The smallest absolute Gasteiger partial charge is 0.223 e. The van der Waals surface area contributed by atoms with Gasteiger partial charge in [-0.2, -0.15) is 4.98 Å². The van der Waals surface area contributed by atoms with Gasteiger partial charge in [0.2, 0.25) is 11.8 Å². The Balaban J connectivity index is 2.70. The van der Waals surface area contributed by atoms with Crippen LogP contribution < -0.4 is 10.5 Å². The van der Waals surface area contributed by atoms with E-state index in [-0.39, 0.29) is 12.1 Å². The van der Waals surface area contributed by atoms with E-state index >= 15 is 0 Å². The molecule has 0 fully saturated rings. The molecule has 1 rings (SSSR count). The van der Waals surface area contributed by atoms with Crippen LogP contribution in [0.5, 0.6) is 5.88 Å². The Bertz CT molecular complexity index is 304. The molecule has 0 aliphatic carbocycles. The van der Waals surface area contributed by atoms with Gasteiger partial charge in [0.05, 0.1) is 6.61 Å². The lowest BCUT2D eigenvalue weighted by atomic mass is 10.3. The Labute approximate surface area is 83.3 Å². The van der Waals surface area contributed by atoms with E-state index in [0.29, 0.717) is 12.5 Å². The van der Waals surface area contributed by atoms with E-state index in [0.717, 1.165) is 5.56 Å². The van der Waals surface area contributed by atoms with Crippen LogP contribution in [0, 0.1) is 6.92 Å². The Morgan fingerprint density at radius 3 is 2.93 bits per heavy atom. The molecule has 78 valence electrons. The third-order valence-electron chi connectivity index (χ3n) is 1.66. The third kappa shape index (κ3) is 2.85. The SMILES string of the molecule is COCC(C)Oc1nc(N)ncc1C. The summed E-state index contributed by atoms with van der Waals surface area (Å²) in [5.74, 6) is 0.734. The number of ether oxygens (including phenoxy) is 2. The van der Waals surface area contributed by atoms with Gasteiger partial charge in [0.15, 0.2) is 0 Å². The second-order valence-electron chi connectivity index (χ2n) is 3.10. The van der Waals surface area contributed by atoms with Crippen molar-refractivity contribution in [2.24, 2.45) is 0 Å². The van der Waals surface area contributed by atoms with Gasteiger partial charge in [-0.3, -0.25) is 0 Å². The van der Waals surface area contributed by atoms with Crippen LogP contribution in [-0.4, -0.2) is 29.8 Å². The lowest BCUT2D eigenvalue weighted by Crippen LogP contribution is -2.19. The van der Waals surface area contributed by atoms with Crippen LogP contribution in [0.15, 0.2) is 6.20 Å². The first-order chi connectivity index (χ1) is 6.63. The number of nitrogens with two attached hydrogens (primary N) is 1. The van der Waals surface area contributed by atoms with Gasteiger partial charge in [0.1, 0.15) is 6.10 Å². The van der Waals surface area contributed by atoms with Crippen molar-refractivity contribution >= 4 is 5.95 Å². The number of anilines is 1. The van der Waals surface area contributed by atoms with Crippen molar-refractivity contribution in [3.8, 4) is 5.88 Å². The molecule has 1 heterocycles. The predicted molar refractivity (Wildman–Crippen MR) is 53.1 cm³/mol. The lowest BCUT2D eigenvalue weighted by molar-refractivity contribution is 0.0885. The maximum absolute atomic E-state index is 5.51. The summed E-state index contributed by atoms with van der Waals surface area (Å²) in [7, 11) is 1.63. The number of hydrogen-bond acceptors (Lipinski definition) is 5. The van der Waals surface area contributed by atoms with Gasteiger partial charge in [-0.05, 0) is 13.8 Å². The average Bonchev–Trinajstić information content (AvgIpc) is 2.12. The summed E-state index contributed by atoms with van der Waals surface area (Å²) in [6.07, 6.45) is 1.59. The molecule has 1 aromatic heterocycles. The molecular formula is C9H15N3O2. The molecule has 0 aliphatic rings. The van der Waals surface area contributed by atoms with Gasteiger partial charge in [0.25, 0.3) is 0 Å². The quantitative estimate of drug-likeness (QED) is 0.772. The summed E-state index contributed by atoms with van der Waals surface area (Å²) in [6, 6.07) is 0. The van der Waals surface area contributed by atoms with Gasteiger partial charge in [0, 0.05) is 18.9 Å². The zero-order valence-electron chi connectivity index (χ0n) is 8.65. The Morgan fingerprint density at radius 1 is 1.57 bits per heavy atom. The summed E-state index contributed by atoms with van der Waals surface area (Å²) < 4.78 is 10.5. The van der Waals surface area contributed by atoms with Crippen molar-refractivity contribution in [1.29, 1.82) is 0 Å². The topological polar surface area (TPSA) is 70.3 Å². The van der Waals surface area contributed by atoms with Crippen molar-refractivity contribution in [1.82, 2.24) is 9.97 Å². The molecule has 0 spiro atoms. The molecule has 1 atom stereocenters. The van der Waals surface area contributed by atoms with Gasteiger partial charge >= 0.3 is 0 Å². The Morgan fingerprint density at radius 2 is 2.29 bits per heavy atom. The number of aromatic nitrogens is 2. The molecule has 0 amide bonds. The first kappa shape index (κ1) is 10.7. The van der Waals surface area contributed by atoms with E-state index in [9.17, 15) is 0 Å². The number of nitrogens with zero attached hydrogens (tertiary/aromatic N) is 2. The molecular weight excluding hydrogens is 182 g/mol. The highest BCUT2D eigenvalue weighted by atomic mass is 16.5. The van der Waals surface area contributed by atoms with Crippen LogP contribution in [0.1, 0.15) is 12.5 Å². The molecule has 0 saturated heterocycles. The van der Waals surface area contributed by atoms with Gasteiger partial charge in [-0.15, -0.1) is 0 Å². The van der Waals surface area contributed by atoms with E-state index in [1.54, 1.807) is 13.3 Å². The second-order valence-corrected chi connectivity index (χ2v) is 3.10. The van der Waals surface area contributed by atoms with Crippen molar-refractivity contribution in [2.75, 3.05) is 19.5 Å². The van der Waals surface area contributed by atoms with Crippen LogP contribution >= 0.6 is 0 Å². The lowest BCUT2D eigenvalue weighted by Gasteiger charge is -2.14. The maximum Gasteiger partial charge on any atom is 0.223 e. The minimum absolute atomic E-state index is 0.0481. The molecule has 0 aliphatic heterocycles. The van der Waals surface area contributed by atoms with Crippen molar-refractivity contribution in [3.63, 3.8) is 0 Å². The number of rotatable bonds is 4. The number of methoxy groups -OCH3 is 1. The monoisotopic (exact) mass is 197 g/mol. The zero-order valence-corrected chi connectivity index (χ0v) is 8.65. The fourth-order valence-corrected chi connectivity index (χ4v) is 1.02. The normalized spacial score (nSPS) is 12.5. The summed E-state index contributed by atoms with van der Waals surface area (Å²) in [4.78, 5) is 7.83. The van der Waals surface area contributed by atoms with E-state index in [4.69, 9.17) is 15.2 Å². The standard InChI is InChI=1S/C9H15N3O2/c1-6-4-11-9(10)12-8(6)14-7(2)5-13-3/h4,7H,5H2,1-3H3,(H2,10,11,12). The number of nitrogen functional groups attached to an aromatic ring is 1. The molecule has 0 saturated carbocycles. The van der Waals surface area contributed by atoms with Crippen molar-refractivity contribution in [2.45, 2.75) is 20.0 Å². The highest BCUT2D eigenvalue weighted by Gasteiger charge is 2.08. The summed E-state index contributed by atoms with van der Waals surface area (Å²) in [5, 5.41) is 0. The molecule has 5 nitrogen and oxygen atoms in total. The molecule has 0 radical (unpaired) electrons. The van der Waals surface area contributed by atoms with Crippen molar-refractivity contribution < 1.29 is 9.47 Å². The highest BCUT2D eigenvalue weighted by molar-refractivity contribution is 5.28. The second kappa shape index (κ2) is 4.76. The minimum atomic E-state index is -0.0481. The molecule has 2 N–H and O–H groups in total. The molecule has 1 aromatic rings. The third-order valence-corrected chi connectivity index (χ3v) is 1.66. The Kier molecular flexibility index (Phi) is 3.64. The first-order valence-corrected chi connectivity index (χ1v) is 4.38. The zero-order chi connectivity index (χ0) is 10.6. The van der Waals surface area contributed by atoms with E-state index in [1.807, 2.05) is 13.8 Å². The van der Waals surface area contributed by atoms with Crippen LogP contribution in [0.2, 0.25) is 0 Å². The Hall–Kier alpha value is -1.36. The highest BCUT2D eigenvalue weighted by Crippen LogP contribution is 2.15. The van der Waals surface area contributed by atoms with Crippen LogP contribution in [-0.2, 0) is 4.74 Å². The average molecular weight is 197 g/mol. The summed E-state index contributed by atoms with van der Waals surface area (Å²) in [6.45, 7) is 4.29. The molecule has 5 heteroatoms. The molecule has 1 unspecified atom stereocenters. The van der Waals surface area contributed by atoms with Gasteiger partial charge in [-0.1, -0.05) is 0 Å². The molecule has 0 bridgehead atoms. The van der Waals surface area contributed by atoms with Crippen LogP contribution in [0.4, 0.5) is 5.95 Å².